The molecule has 0 saturated heterocycles. The molecule has 0 aliphatic carbocycles. The van der Waals surface area contributed by atoms with E-state index in [4.69, 9.17) is 5.11 Å². The topological polar surface area (TPSA) is 66.4 Å². The molecule has 1 rings (SSSR count). The van der Waals surface area contributed by atoms with Crippen molar-refractivity contribution >= 4 is 23.6 Å². The number of aliphatic carboxylic acids is 1. The smallest absolute Gasteiger partial charge is 0.303 e. The molecular formula is C15H21NO3S. The molecule has 0 unspecified atom stereocenters. The average Bonchev–Trinajstić information content (AvgIpc) is 2.40. The van der Waals surface area contributed by atoms with Gasteiger partial charge in [0.05, 0.1) is 5.75 Å². The van der Waals surface area contributed by atoms with Crippen LogP contribution >= 0.6 is 11.8 Å². The quantitative estimate of drug-likeness (QED) is 0.687. The van der Waals surface area contributed by atoms with Crippen molar-refractivity contribution in [2.24, 2.45) is 0 Å². The highest BCUT2D eigenvalue weighted by molar-refractivity contribution is 7.99. The Morgan fingerprint density at radius 1 is 1.20 bits per heavy atom. The van der Waals surface area contributed by atoms with Gasteiger partial charge in [-0.15, -0.1) is 11.8 Å². The molecule has 0 aromatic heterocycles. The van der Waals surface area contributed by atoms with Crippen LogP contribution in [0.1, 0.15) is 30.4 Å². The molecule has 0 bridgehead atoms. The van der Waals surface area contributed by atoms with E-state index in [0.29, 0.717) is 25.1 Å². The lowest BCUT2D eigenvalue weighted by Crippen LogP contribution is -2.26. The van der Waals surface area contributed by atoms with Crippen molar-refractivity contribution in [3.63, 3.8) is 0 Å². The minimum atomic E-state index is -0.787. The van der Waals surface area contributed by atoms with Gasteiger partial charge in [0, 0.05) is 18.7 Å². The maximum Gasteiger partial charge on any atom is 0.303 e. The lowest BCUT2D eigenvalue weighted by molar-refractivity contribution is -0.137. The second-order valence-corrected chi connectivity index (χ2v) is 5.66. The van der Waals surface area contributed by atoms with Crippen LogP contribution in [0.4, 0.5) is 0 Å². The Bertz CT molecular complexity index is 431. The zero-order valence-corrected chi connectivity index (χ0v) is 12.5. The van der Waals surface area contributed by atoms with Crippen LogP contribution in [0.2, 0.25) is 0 Å². The van der Waals surface area contributed by atoms with Crippen molar-refractivity contribution in [3.8, 4) is 0 Å². The molecular weight excluding hydrogens is 274 g/mol. The number of carbonyl (C=O) groups excluding carboxylic acids is 1. The molecule has 0 saturated carbocycles. The van der Waals surface area contributed by atoms with Crippen LogP contribution in [0.25, 0.3) is 0 Å². The Kier molecular flexibility index (Phi) is 7.80. The number of benzene rings is 1. The Balaban J connectivity index is 2.05. The van der Waals surface area contributed by atoms with Gasteiger partial charge in [0.15, 0.2) is 0 Å². The van der Waals surface area contributed by atoms with Gasteiger partial charge in [-0.05, 0) is 25.3 Å². The van der Waals surface area contributed by atoms with E-state index in [0.717, 1.165) is 5.75 Å². The second-order valence-electron chi connectivity index (χ2n) is 4.68. The van der Waals surface area contributed by atoms with Crippen molar-refractivity contribution in [1.82, 2.24) is 5.32 Å². The standard InChI is InChI=1S/C15H21NO3S/c1-12-5-7-13(8-6-12)10-20-11-14(17)16-9-3-2-4-15(18)19/h5-8H,2-4,9-11H2,1H3,(H,16,17)(H,18,19). The molecule has 1 aromatic rings. The van der Waals surface area contributed by atoms with Crippen LogP contribution in [0.5, 0.6) is 0 Å². The molecule has 1 aromatic carbocycles. The van der Waals surface area contributed by atoms with E-state index in [1.807, 2.05) is 0 Å². The number of rotatable bonds is 9. The highest BCUT2D eigenvalue weighted by Crippen LogP contribution is 2.12. The van der Waals surface area contributed by atoms with Gasteiger partial charge >= 0.3 is 5.97 Å². The first kappa shape index (κ1) is 16.6. The molecule has 1 amide bonds. The number of carboxylic acids is 1. The first-order valence-electron chi connectivity index (χ1n) is 6.69. The third-order valence-electron chi connectivity index (χ3n) is 2.76. The van der Waals surface area contributed by atoms with Crippen LogP contribution < -0.4 is 5.32 Å². The molecule has 0 fully saturated rings. The average molecular weight is 295 g/mol. The van der Waals surface area contributed by atoms with Crippen molar-refractivity contribution in [1.29, 1.82) is 0 Å². The van der Waals surface area contributed by atoms with E-state index in [9.17, 15) is 9.59 Å². The van der Waals surface area contributed by atoms with Gasteiger partial charge in [-0.1, -0.05) is 29.8 Å². The molecule has 0 heterocycles. The van der Waals surface area contributed by atoms with Crippen molar-refractivity contribution in [2.45, 2.75) is 31.9 Å². The van der Waals surface area contributed by atoms with Gasteiger partial charge < -0.3 is 10.4 Å². The van der Waals surface area contributed by atoms with Gasteiger partial charge in [0.2, 0.25) is 5.91 Å². The fourth-order valence-electron chi connectivity index (χ4n) is 1.63. The fraction of sp³-hybridized carbons (Fsp3) is 0.467. The SMILES string of the molecule is Cc1ccc(CSCC(=O)NCCCCC(=O)O)cc1. The number of carboxylic acid groups (broad SMARTS) is 1. The van der Waals surface area contributed by atoms with Crippen LogP contribution in [0.15, 0.2) is 24.3 Å². The summed E-state index contributed by atoms with van der Waals surface area (Å²) in [5.74, 6) is 0.488. The van der Waals surface area contributed by atoms with Crippen molar-refractivity contribution < 1.29 is 14.7 Å². The van der Waals surface area contributed by atoms with Crippen LogP contribution in [-0.2, 0) is 15.3 Å². The molecule has 0 atom stereocenters. The Morgan fingerprint density at radius 2 is 1.90 bits per heavy atom. The molecule has 0 radical (unpaired) electrons. The first-order valence-corrected chi connectivity index (χ1v) is 7.85. The lowest BCUT2D eigenvalue weighted by atomic mass is 10.2. The molecule has 0 aliphatic rings. The van der Waals surface area contributed by atoms with E-state index in [-0.39, 0.29) is 12.3 Å². The third kappa shape index (κ3) is 7.84. The normalized spacial score (nSPS) is 10.2. The molecule has 0 spiro atoms. The molecule has 20 heavy (non-hydrogen) atoms. The number of aryl methyl sites for hydroxylation is 1. The van der Waals surface area contributed by atoms with Crippen LogP contribution in [0.3, 0.4) is 0 Å². The van der Waals surface area contributed by atoms with Gasteiger partial charge in [-0.3, -0.25) is 9.59 Å². The van der Waals surface area contributed by atoms with Gasteiger partial charge in [0.1, 0.15) is 0 Å². The third-order valence-corrected chi connectivity index (χ3v) is 3.77. The summed E-state index contributed by atoms with van der Waals surface area (Å²) in [5.41, 5.74) is 2.45. The molecule has 0 aliphatic heterocycles. The largest absolute Gasteiger partial charge is 0.481 e. The van der Waals surface area contributed by atoms with Crippen molar-refractivity contribution in [3.05, 3.63) is 35.4 Å². The summed E-state index contributed by atoms with van der Waals surface area (Å²) >= 11 is 1.58. The summed E-state index contributed by atoms with van der Waals surface area (Å²) in [6, 6.07) is 8.29. The number of nitrogens with one attached hydrogen (secondary N) is 1. The first-order chi connectivity index (χ1) is 9.58. The zero-order chi connectivity index (χ0) is 14.8. The highest BCUT2D eigenvalue weighted by Gasteiger charge is 2.02. The minimum Gasteiger partial charge on any atom is -0.481 e. The number of unbranched alkanes of at least 4 members (excludes halogenated alkanes) is 1. The maximum absolute atomic E-state index is 11.5. The number of amides is 1. The van der Waals surface area contributed by atoms with Crippen LogP contribution in [-0.4, -0.2) is 29.3 Å². The van der Waals surface area contributed by atoms with E-state index in [2.05, 4.69) is 36.5 Å². The number of thioether (sulfide) groups is 1. The monoisotopic (exact) mass is 295 g/mol. The van der Waals surface area contributed by atoms with E-state index < -0.39 is 5.97 Å². The second kappa shape index (κ2) is 9.42. The lowest BCUT2D eigenvalue weighted by Gasteiger charge is -2.05. The van der Waals surface area contributed by atoms with E-state index in [1.54, 1.807) is 11.8 Å². The van der Waals surface area contributed by atoms with Crippen molar-refractivity contribution in [2.75, 3.05) is 12.3 Å². The van der Waals surface area contributed by atoms with Gasteiger partial charge in [-0.2, -0.15) is 0 Å². The Labute approximate surface area is 124 Å². The van der Waals surface area contributed by atoms with Gasteiger partial charge in [0.25, 0.3) is 0 Å². The summed E-state index contributed by atoms with van der Waals surface area (Å²) in [6.07, 6.45) is 1.48. The summed E-state index contributed by atoms with van der Waals surface area (Å²) in [7, 11) is 0. The minimum absolute atomic E-state index is 0.0115. The molecule has 4 nitrogen and oxygen atoms in total. The number of hydrogen-bond acceptors (Lipinski definition) is 3. The van der Waals surface area contributed by atoms with Gasteiger partial charge in [-0.25, -0.2) is 0 Å². The summed E-state index contributed by atoms with van der Waals surface area (Å²) in [5, 5.41) is 11.3. The Hall–Kier alpha value is -1.49. The molecule has 2 N–H and O–H groups in total. The molecule has 110 valence electrons. The predicted molar refractivity (Wildman–Crippen MR) is 81.8 cm³/mol. The number of hydrogen-bond donors (Lipinski definition) is 2. The van der Waals surface area contributed by atoms with E-state index >= 15 is 0 Å². The highest BCUT2D eigenvalue weighted by atomic mass is 32.2. The van der Waals surface area contributed by atoms with Crippen LogP contribution in [0, 0.1) is 6.92 Å². The molecule has 5 heteroatoms. The zero-order valence-electron chi connectivity index (χ0n) is 11.7. The maximum atomic E-state index is 11.5. The summed E-state index contributed by atoms with van der Waals surface area (Å²) < 4.78 is 0. The fourth-order valence-corrected chi connectivity index (χ4v) is 2.44. The predicted octanol–water partition coefficient (Wildman–Crippen LogP) is 2.60. The summed E-state index contributed by atoms with van der Waals surface area (Å²) in [4.78, 5) is 21.8. The summed E-state index contributed by atoms with van der Waals surface area (Å²) in [6.45, 7) is 2.60. The Morgan fingerprint density at radius 3 is 2.55 bits per heavy atom. The number of carbonyl (C=O) groups is 2. The van der Waals surface area contributed by atoms with E-state index in [1.165, 1.54) is 11.1 Å².